The maximum absolute atomic E-state index is 12.4. The summed E-state index contributed by atoms with van der Waals surface area (Å²) in [6.45, 7) is 1.96. The van der Waals surface area contributed by atoms with E-state index in [1.807, 2.05) is 24.3 Å². The second kappa shape index (κ2) is 5.62. The lowest BCUT2D eigenvalue weighted by atomic mass is 9.97. The van der Waals surface area contributed by atoms with Crippen molar-refractivity contribution >= 4 is 21.6 Å². The van der Waals surface area contributed by atoms with Crippen molar-refractivity contribution in [2.75, 3.05) is 13.1 Å². The monoisotopic (exact) mass is 312 g/mol. The molecule has 1 saturated heterocycles. The average molecular weight is 312 g/mol. The van der Waals surface area contributed by atoms with Crippen LogP contribution in [0, 0.1) is 0 Å². The third kappa shape index (κ3) is 2.44. The Labute approximate surface area is 131 Å². The minimum Gasteiger partial charge on any atom is -0.317 e. The van der Waals surface area contributed by atoms with Crippen molar-refractivity contribution in [3.05, 3.63) is 46.6 Å². The molecular weight excluding hydrogens is 296 g/mol. The van der Waals surface area contributed by atoms with Crippen LogP contribution >= 0.6 is 11.3 Å². The number of fused-ring (bicyclic) bond motifs is 1. The minimum atomic E-state index is -0.0948. The molecule has 0 aliphatic carbocycles. The zero-order chi connectivity index (χ0) is 14.9. The summed E-state index contributed by atoms with van der Waals surface area (Å²) >= 11 is 1.52. The molecule has 6 heteroatoms. The average Bonchev–Trinajstić information content (AvgIpc) is 2.99. The van der Waals surface area contributed by atoms with E-state index in [0.717, 1.165) is 47.0 Å². The van der Waals surface area contributed by atoms with Crippen LogP contribution < -0.4 is 10.9 Å². The van der Waals surface area contributed by atoms with Crippen LogP contribution in [-0.2, 0) is 0 Å². The fraction of sp³-hybridized carbons (Fsp3) is 0.312. The fourth-order valence-corrected chi connectivity index (χ4v) is 3.82. The number of rotatable bonds is 2. The minimum absolute atomic E-state index is 0.0948. The standard InChI is InChI=1S/C16H16N4OS/c21-15-11(16-19-12-3-1-2-4-13(12)22-16)9-18-14(20-15)10-5-7-17-8-6-10/h1-4,9-10,17H,5-8H2,(H,18,20,21). The molecule has 3 aromatic rings. The van der Waals surface area contributed by atoms with Crippen LogP contribution in [0.2, 0.25) is 0 Å². The Kier molecular flexibility index (Phi) is 3.48. The first-order valence-corrected chi connectivity index (χ1v) is 8.29. The predicted octanol–water partition coefficient (Wildman–Crippen LogP) is 2.51. The summed E-state index contributed by atoms with van der Waals surface area (Å²) in [7, 11) is 0. The molecule has 2 aromatic heterocycles. The van der Waals surface area contributed by atoms with Crippen molar-refractivity contribution < 1.29 is 0 Å². The quantitative estimate of drug-likeness (QED) is 0.763. The first-order valence-electron chi connectivity index (χ1n) is 7.47. The molecule has 3 heterocycles. The van der Waals surface area contributed by atoms with Crippen molar-refractivity contribution in [3.63, 3.8) is 0 Å². The van der Waals surface area contributed by atoms with Gasteiger partial charge in [0.15, 0.2) is 0 Å². The predicted molar refractivity (Wildman–Crippen MR) is 88.3 cm³/mol. The van der Waals surface area contributed by atoms with Crippen molar-refractivity contribution in [3.8, 4) is 10.6 Å². The Morgan fingerprint density at radius 2 is 2.00 bits per heavy atom. The molecule has 0 bridgehead atoms. The molecule has 0 saturated carbocycles. The summed E-state index contributed by atoms with van der Waals surface area (Å²) in [5, 5.41) is 4.05. The van der Waals surface area contributed by atoms with Gasteiger partial charge in [-0.25, -0.2) is 9.97 Å². The normalized spacial score (nSPS) is 16.2. The first kappa shape index (κ1) is 13.6. The molecule has 1 aliphatic rings. The Morgan fingerprint density at radius 1 is 1.18 bits per heavy atom. The Bertz CT molecular complexity index is 831. The lowest BCUT2D eigenvalue weighted by Crippen LogP contribution is -2.28. The van der Waals surface area contributed by atoms with Crippen molar-refractivity contribution in [2.24, 2.45) is 0 Å². The van der Waals surface area contributed by atoms with Crippen LogP contribution in [0.5, 0.6) is 0 Å². The highest BCUT2D eigenvalue weighted by Crippen LogP contribution is 2.28. The third-order valence-electron chi connectivity index (χ3n) is 4.07. The molecule has 0 atom stereocenters. The van der Waals surface area contributed by atoms with E-state index in [-0.39, 0.29) is 5.56 Å². The zero-order valence-corrected chi connectivity index (χ0v) is 12.8. The molecule has 1 aliphatic heterocycles. The molecule has 22 heavy (non-hydrogen) atoms. The van der Waals surface area contributed by atoms with Gasteiger partial charge in [-0.1, -0.05) is 12.1 Å². The molecule has 0 amide bonds. The zero-order valence-electron chi connectivity index (χ0n) is 12.0. The maximum atomic E-state index is 12.4. The Morgan fingerprint density at radius 3 is 2.77 bits per heavy atom. The summed E-state index contributed by atoms with van der Waals surface area (Å²) in [6.07, 6.45) is 3.71. The van der Waals surface area contributed by atoms with Crippen LogP contribution in [0.25, 0.3) is 20.8 Å². The number of benzene rings is 1. The van der Waals surface area contributed by atoms with E-state index in [1.54, 1.807) is 6.20 Å². The number of thiazole rings is 1. The molecule has 2 N–H and O–H groups in total. The second-order valence-electron chi connectivity index (χ2n) is 5.52. The van der Waals surface area contributed by atoms with Gasteiger partial charge in [-0.2, -0.15) is 0 Å². The number of hydrogen-bond donors (Lipinski definition) is 2. The van der Waals surface area contributed by atoms with Gasteiger partial charge in [0, 0.05) is 12.1 Å². The molecule has 112 valence electrons. The van der Waals surface area contributed by atoms with Gasteiger partial charge in [0.05, 0.1) is 15.8 Å². The summed E-state index contributed by atoms with van der Waals surface area (Å²) < 4.78 is 1.08. The highest BCUT2D eigenvalue weighted by atomic mass is 32.1. The number of nitrogens with one attached hydrogen (secondary N) is 2. The van der Waals surface area contributed by atoms with Crippen LogP contribution in [0.4, 0.5) is 0 Å². The molecule has 5 nitrogen and oxygen atoms in total. The molecule has 1 fully saturated rings. The molecule has 0 spiro atoms. The number of para-hydroxylation sites is 1. The second-order valence-corrected chi connectivity index (χ2v) is 6.55. The van der Waals surface area contributed by atoms with Crippen LogP contribution in [0.3, 0.4) is 0 Å². The van der Waals surface area contributed by atoms with Gasteiger partial charge in [0.2, 0.25) is 0 Å². The Balaban J connectivity index is 1.71. The highest BCUT2D eigenvalue weighted by molar-refractivity contribution is 7.21. The SMILES string of the molecule is O=c1[nH]c(C2CCNCC2)ncc1-c1nc2ccccc2s1. The summed E-state index contributed by atoms with van der Waals surface area (Å²) in [5.74, 6) is 1.15. The smallest absolute Gasteiger partial charge is 0.261 e. The van der Waals surface area contributed by atoms with Crippen molar-refractivity contribution in [1.82, 2.24) is 20.3 Å². The number of aromatic nitrogens is 3. The van der Waals surface area contributed by atoms with Crippen LogP contribution in [0.1, 0.15) is 24.6 Å². The van der Waals surface area contributed by atoms with E-state index in [9.17, 15) is 4.79 Å². The van der Waals surface area contributed by atoms with E-state index in [0.29, 0.717) is 11.5 Å². The number of nitrogens with zero attached hydrogens (tertiary/aromatic N) is 2. The number of H-pyrrole nitrogens is 1. The molecule has 1 aromatic carbocycles. The van der Waals surface area contributed by atoms with Gasteiger partial charge in [0.25, 0.3) is 5.56 Å². The van der Waals surface area contributed by atoms with Crippen molar-refractivity contribution in [1.29, 1.82) is 0 Å². The van der Waals surface area contributed by atoms with Crippen LogP contribution in [-0.4, -0.2) is 28.0 Å². The highest BCUT2D eigenvalue weighted by Gasteiger charge is 2.19. The molecule has 0 unspecified atom stereocenters. The van der Waals surface area contributed by atoms with Gasteiger partial charge in [-0.15, -0.1) is 11.3 Å². The van der Waals surface area contributed by atoms with Gasteiger partial charge in [0.1, 0.15) is 10.8 Å². The maximum Gasteiger partial charge on any atom is 0.261 e. The number of piperidine rings is 1. The first-order chi connectivity index (χ1) is 10.8. The van der Waals surface area contributed by atoms with Gasteiger partial charge in [-0.05, 0) is 38.1 Å². The molecule has 4 rings (SSSR count). The van der Waals surface area contributed by atoms with E-state index in [2.05, 4.69) is 20.3 Å². The molecular formula is C16H16N4OS. The Hall–Kier alpha value is -2.05. The topological polar surface area (TPSA) is 70.7 Å². The summed E-state index contributed by atoms with van der Waals surface area (Å²) in [6, 6.07) is 7.91. The van der Waals surface area contributed by atoms with E-state index in [4.69, 9.17) is 0 Å². The van der Waals surface area contributed by atoms with Crippen LogP contribution in [0.15, 0.2) is 35.3 Å². The van der Waals surface area contributed by atoms with E-state index >= 15 is 0 Å². The van der Waals surface area contributed by atoms with Crippen molar-refractivity contribution in [2.45, 2.75) is 18.8 Å². The van der Waals surface area contributed by atoms with Gasteiger partial charge >= 0.3 is 0 Å². The van der Waals surface area contributed by atoms with E-state index in [1.165, 1.54) is 11.3 Å². The summed E-state index contributed by atoms with van der Waals surface area (Å²) in [5.41, 5.74) is 1.38. The number of hydrogen-bond acceptors (Lipinski definition) is 5. The number of aromatic amines is 1. The third-order valence-corrected chi connectivity index (χ3v) is 5.14. The van der Waals surface area contributed by atoms with Gasteiger partial charge < -0.3 is 10.3 Å². The lowest BCUT2D eigenvalue weighted by molar-refractivity contribution is 0.444. The summed E-state index contributed by atoms with van der Waals surface area (Å²) in [4.78, 5) is 24.4. The lowest BCUT2D eigenvalue weighted by Gasteiger charge is -2.21. The largest absolute Gasteiger partial charge is 0.317 e. The van der Waals surface area contributed by atoms with E-state index < -0.39 is 0 Å². The van der Waals surface area contributed by atoms with Gasteiger partial charge in [-0.3, -0.25) is 4.79 Å². The fourth-order valence-electron chi connectivity index (χ4n) is 2.85. The molecule has 0 radical (unpaired) electrons.